The minimum absolute atomic E-state index is 0.0382. The van der Waals surface area contributed by atoms with Gasteiger partial charge in [-0.1, -0.05) is 0 Å². The molecule has 21 heavy (non-hydrogen) atoms. The van der Waals surface area contributed by atoms with Crippen LogP contribution in [0.2, 0.25) is 0 Å². The highest BCUT2D eigenvalue weighted by atomic mass is 16.5. The molecule has 0 unspecified atom stereocenters. The first-order valence-corrected chi connectivity index (χ1v) is 7.80. The Kier molecular flexibility index (Phi) is 8.30. The summed E-state index contributed by atoms with van der Waals surface area (Å²) in [4.78, 5) is 24.5. The Balaban J connectivity index is 2.06. The molecule has 0 aromatic rings. The van der Waals surface area contributed by atoms with Gasteiger partial charge in [-0.25, -0.2) is 0 Å². The molecule has 1 heterocycles. The number of piperidine rings is 1. The Morgan fingerprint density at radius 2 is 2.00 bits per heavy atom. The fraction of sp³-hybridized carbons (Fsp3) is 0.867. The summed E-state index contributed by atoms with van der Waals surface area (Å²) in [6.45, 7) is 7.31. The number of nitrogens with one attached hydrogen (secondary N) is 1. The Bertz CT molecular complexity index is 326. The highest BCUT2D eigenvalue weighted by Crippen LogP contribution is 2.19. The number of hydrogen-bond acceptors (Lipinski definition) is 4. The van der Waals surface area contributed by atoms with E-state index >= 15 is 0 Å². The molecule has 0 saturated carbocycles. The molecule has 1 aliphatic rings. The second kappa shape index (κ2) is 9.73. The van der Waals surface area contributed by atoms with E-state index in [4.69, 9.17) is 9.84 Å². The van der Waals surface area contributed by atoms with Crippen molar-refractivity contribution < 1.29 is 19.4 Å². The van der Waals surface area contributed by atoms with Crippen molar-refractivity contribution >= 4 is 11.9 Å². The van der Waals surface area contributed by atoms with Crippen molar-refractivity contribution in [3.8, 4) is 0 Å². The summed E-state index contributed by atoms with van der Waals surface area (Å²) < 4.78 is 5.41. The van der Waals surface area contributed by atoms with Crippen LogP contribution in [0.3, 0.4) is 0 Å². The van der Waals surface area contributed by atoms with E-state index in [1.165, 1.54) is 0 Å². The molecule has 0 radical (unpaired) electrons. The number of carbonyl (C=O) groups is 2. The Morgan fingerprint density at radius 1 is 1.33 bits per heavy atom. The van der Waals surface area contributed by atoms with Crippen molar-refractivity contribution in [2.24, 2.45) is 5.92 Å². The maximum atomic E-state index is 11.8. The molecule has 0 aromatic heterocycles. The van der Waals surface area contributed by atoms with Crippen molar-refractivity contribution in [2.75, 3.05) is 32.8 Å². The molecule has 0 aromatic carbocycles. The molecule has 0 spiro atoms. The van der Waals surface area contributed by atoms with Crippen LogP contribution in [-0.4, -0.2) is 60.8 Å². The predicted octanol–water partition coefficient (Wildman–Crippen LogP) is 1.10. The zero-order valence-corrected chi connectivity index (χ0v) is 13.1. The lowest BCUT2D eigenvalue weighted by Crippen LogP contribution is -2.42. The zero-order valence-electron chi connectivity index (χ0n) is 13.1. The molecule has 0 bridgehead atoms. The molecule has 1 saturated heterocycles. The van der Waals surface area contributed by atoms with Crippen LogP contribution < -0.4 is 5.32 Å². The van der Waals surface area contributed by atoms with Crippen molar-refractivity contribution in [3.05, 3.63) is 0 Å². The maximum absolute atomic E-state index is 11.8. The van der Waals surface area contributed by atoms with Gasteiger partial charge >= 0.3 is 5.97 Å². The van der Waals surface area contributed by atoms with Crippen LogP contribution in [0, 0.1) is 5.92 Å². The van der Waals surface area contributed by atoms with E-state index in [0.29, 0.717) is 19.7 Å². The minimum Gasteiger partial charge on any atom is -0.481 e. The molecule has 122 valence electrons. The number of carboxylic acids is 1. The molecule has 0 atom stereocenters. The molecule has 1 fully saturated rings. The van der Waals surface area contributed by atoms with E-state index in [1.54, 1.807) is 0 Å². The molecular formula is C15H28N2O4. The van der Waals surface area contributed by atoms with Crippen molar-refractivity contribution in [1.29, 1.82) is 0 Å². The molecular weight excluding hydrogens is 272 g/mol. The van der Waals surface area contributed by atoms with E-state index in [-0.39, 0.29) is 24.3 Å². The molecule has 1 amide bonds. The number of nitrogens with zero attached hydrogens (tertiary/aromatic N) is 1. The smallest absolute Gasteiger partial charge is 0.303 e. The van der Waals surface area contributed by atoms with Crippen molar-refractivity contribution in [2.45, 2.75) is 45.6 Å². The van der Waals surface area contributed by atoms with Crippen molar-refractivity contribution in [3.63, 3.8) is 0 Å². The Labute approximate surface area is 126 Å². The van der Waals surface area contributed by atoms with Gasteiger partial charge in [0.1, 0.15) is 0 Å². The number of carboxylic acid groups (broad SMARTS) is 1. The molecule has 1 rings (SSSR count). The second-order valence-corrected chi connectivity index (χ2v) is 5.94. The topological polar surface area (TPSA) is 78.9 Å². The largest absolute Gasteiger partial charge is 0.481 e. The lowest BCUT2D eigenvalue weighted by molar-refractivity contribution is -0.138. The van der Waals surface area contributed by atoms with Gasteiger partial charge in [-0.3, -0.25) is 14.5 Å². The predicted molar refractivity (Wildman–Crippen MR) is 80.1 cm³/mol. The summed E-state index contributed by atoms with van der Waals surface area (Å²) in [7, 11) is 0. The summed E-state index contributed by atoms with van der Waals surface area (Å²) in [6.07, 6.45) is 3.03. The summed E-state index contributed by atoms with van der Waals surface area (Å²) in [5, 5.41) is 11.7. The average Bonchev–Trinajstić information content (AvgIpc) is 2.39. The van der Waals surface area contributed by atoms with E-state index in [1.807, 2.05) is 13.8 Å². The monoisotopic (exact) mass is 300 g/mol. The fourth-order valence-corrected chi connectivity index (χ4v) is 2.47. The third-order valence-electron chi connectivity index (χ3n) is 3.63. The minimum atomic E-state index is -0.727. The van der Waals surface area contributed by atoms with Crippen molar-refractivity contribution in [1.82, 2.24) is 10.2 Å². The highest BCUT2D eigenvalue weighted by molar-refractivity contribution is 5.78. The van der Waals surface area contributed by atoms with E-state index in [0.717, 1.165) is 32.4 Å². The lowest BCUT2D eigenvalue weighted by atomic mass is 9.94. The second-order valence-electron chi connectivity index (χ2n) is 5.94. The first-order valence-electron chi connectivity index (χ1n) is 7.80. The number of amides is 1. The van der Waals surface area contributed by atoms with Gasteiger partial charge in [0.05, 0.1) is 12.6 Å². The summed E-state index contributed by atoms with van der Waals surface area (Å²) in [5.74, 6) is -0.430. The fourth-order valence-electron chi connectivity index (χ4n) is 2.47. The normalized spacial score (nSPS) is 17.1. The van der Waals surface area contributed by atoms with Gasteiger partial charge in [0, 0.05) is 19.6 Å². The van der Waals surface area contributed by atoms with Crippen LogP contribution in [0.4, 0.5) is 0 Å². The Hall–Kier alpha value is -1.14. The number of likely N-dealkylation sites (tertiary alicyclic amines) is 1. The zero-order chi connectivity index (χ0) is 15.7. The Morgan fingerprint density at radius 3 is 2.57 bits per heavy atom. The number of rotatable bonds is 9. The van der Waals surface area contributed by atoms with Gasteiger partial charge in [0.2, 0.25) is 5.91 Å². The number of ether oxygens (including phenoxy) is 1. The third-order valence-corrected chi connectivity index (χ3v) is 3.63. The van der Waals surface area contributed by atoms with Crippen LogP contribution in [0.15, 0.2) is 0 Å². The number of carbonyl (C=O) groups excluding carboxylic acids is 1. The summed E-state index contributed by atoms with van der Waals surface area (Å²) >= 11 is 0. The first-order chi connectivity index (χ1) is 9.97. The van der Waals surface area contributed by atoms with Crippen LogP contribution in [0.1, 0.15) is 39.5 Å². The van der Waals surface area contributed by atoms with Gasteiger partial charge in [-0.05, 0) is 52.1 Å². The van der Waals surface area contributed by atoms with Gasteiger partial charge < -0.3 is 15.2 Å². The molecule has 2 N–H and O–H groups in total. The van der Waals surface area contributed by atoms with Crippen LogP contribution >= 0.6 is 0 Å². The van der Waals surface area contributed by atoms with E-state index < -0.39 is 5.97 Å². The summed E-state index contributed by atoms with van der Waals surface area (Å²) in [5.41, 5.74) is 0. The molecule has 6 heteroatoms. The highest BCUT2D eigenvalue weighted by Gasteiger charge is 2.22. The van der Waals surface area contributed by atoms with Crippen LogP contribution in [0.5, 0.6) is 0 Å². The average molecular weight is 300 g/mol. The quantitative estimate of drug-likeness (QED) is 0.624. The van der Waals surface area contributed by atoms with Gasteiger partial charge in [0.25, 0.3) is 0 Å². The van der Waals surface area contributed by atoms with E-state index in [9.17, 15) is 9.59 Å². The number of aliphatic carboxylic acids is 1. The van der Waals surface area contributed by atoms with Crippen LogP contribution in [-0.2, 0) is 14.3 Å². The molecule has 0 aliphatic carbocycles. The van der Waals surface area contributed by atoms with Gasteiger partial charge in [-0.15, -0.1) is 0 Å². The molecule has 1 aliphatic heterocycles. The van der Waals surface area contributed by atoms with Gasteiger partial charge in [0.15, 0.2) is 0 Å². The molecule has 6 nitrogen and oxygen atoms in total. The van der Waals surface area contributed by atoms with Crippen LogP contribution in [0.25, 0.3) is 0 Å². The van der Waals surface area contributed by atoms with Gasteiger partial charge in [-0.2, -0.15) is 0 Å². The first kappa shape index (κ1) is 17.9. The number of hydrogen-bond donors (Lipinski definition) is 2. The van der Waals surface area contributed by atoms with E-state index in [2.05, 4.69) is 10.2 Å². The standard InChI is InChI=1S/C15H28N2O4/c1-12(2)21-9-3-6-16-14(18)11-17-7-4-13(5-8-17)10-15(19)20/h12-13H,3-11H2,1-2H3,(H,16,18)(H,19,20). The lowest BCUT2D eigenvalue weighted by Gasteiger charge is -2.30. The maximum Gasteiger partial charge on any atom is 0.303 e. The SMILES string of the molecule is CC(C)OCCCNC(=O)CN1CCC(CC(=O)O)CC1. The third kappa shape index (κ3) is 8.67. The summed E-state index contributed by atoms with van der Waals surface area (Å²) in [6, 6.07) is 0.